The van der Waals surface area contributed by atoms with Gasteiger partial charge in [0.15, 0.2) is 0 Å². The molecule has 0 radical (unpaired) electrons. The van der Waals surface area contributed by atoms with Crippen LogP contribution in [0.5, 0.6) is 0 Å². The number of benzene rings is 1. The molecule has 2 fully saturated rings. The number of rotatable bonds is 2. The number of anilines is 1. The predicted octanol–water partition coefficient (Wildman–Crippen LogP) is 4.70. The highest BCUT2D eigenvalue weighted by molar-refractivity contribution is 5.96. The monoisotopic (exact) mass is 370 g/mol. The first-order valence-corrected chi connectivity index (χ1v) is 9.64. The average molecular weight is 370 g/mol. The van der Waals surface area contributed by atoms with Crippen LogP contribution in [0.25, 0.3) is 0 Å². The molecule has 4 rings (SSSR count). The van der Waals surface area contributed by atoms with Crippen LogP contribution in [-0.4, -0.2) is 35.0 Å². The zero-order chi connectivity index (χ0) is 19.4. The molecule has 0 saturated carbocycles. The molecule has 0 bridgehead atoms. The van der Waals surface area contributed by atoms with Crippen molar-refractivity contribution < 1.29 is 13.6 Å². The van der Waals surface area contributed by atoms with Crippen molar-refractivity contribution in [3.8, 4) is 0 Å². The van der Waals surface area contributed by atoms with Gasteiger partial charge >= 0.3 is 0 Å². The molecule has 2 saturated heterocycles. The van der Waals surface area contributed by atoms with Gasteiger partial charge in [0.2, 0.25) is 0 Å². The van der Waals surface area contributed by atoms with Crippen LogP contribution in [0.15, 0.2) is 34.7 Å². The van der Waals surface area contributed by atoms with E-state index >= 15 is 0 Å². The third kappa shape index (κ3) is 2.93. The Labute approximate surface area is 159 Å². The van der Waals surface area contributed by atoms with Crippen LogP contribution >= 0.6 is 0 Å². The summed E-state index contributed by atoms with van der Waals surface area (Å²) in [6, 6.07) is 8.60. The summed E-state index contributed by atoms with van der Waals surface area (Å²) in [7, 11) is 0. The van der Waals surface area contributed by atoms with Crippen LogP contribution in [-0.2, 0) is 0 Å². The number of amides is 1. The van der Waals surface area contributed by atoms with E-state index in [0.29, 0.717) is 11.3 Å². The highest BCUT2D eigenvalue weighted by Gasteiger charge is 2.55. The number of carbonyl (C=O) groups is 1. The van der Waals surface area contributed by atoms with Crippen LogP contribution in [0, 0.1) is 19.7 Å². The molecule has 5 heteroatoms. The summed E-state index contributed by atoms with van der Waals surface area (Å²) in [5.41, 5.74) is 1.17. The molecule has 144 valence electrons. The van der Waals surface area contributed by atoms with E-state index in [4.69, 9.17) is 4.42 Å². The van der Waals surface area contributed by atoms with Gasteiger partial charge < -0.3 is 14.2 Å². The molecule has 27 heavy (non-hydrogen) atoms. The van der Waals surface area contributed by atoms with Crippen molar-refractivity contribution in [3.05, 3.63) is 53.2 Å². The Morgan fingerprint density at radius 2 is 2.00 bits per heavy atom. The quantitative estimate of drug-likeness (QED) is 0.769. The minimum absolute atomic E-state index is 0.0544. The average Bonchev–Trinajstić information content (AvgIpc) is 3.22. The van der Waals surface area contributed by atoms with Crippen molar-refractivity contribution in [2.75, 3.05) is 18.0 Å². The zero-order valence-electron chi connectivity index (χ0n) is 16.5. The summed E-state index contributed by atoms with van der Waals surface area (Å²) >= 11 is 0. The standard InChI is InChI=1S/C22H27FN2O2/c1-15-11-19(16(2)27-15)20(26)24-10-6-9-22(24)13-21(3,4)25(14-22)18-8-5-7-17(23)12-18/h5,7-8,11-12H,6,9-10,13-14H2,1-4H3. The maximum Gasteiger partial charge on any atom is 0.257 e. The lowest BCUT2D eigenvalue weighted by atomic mass is 9.87. The van der Waals surface area contributed by atoms with E-state index in [1.54, 1.807) is 12.1 Å². The lowest BCUT2D eigenvalue weighted by Gasteiger charge is -2.35. The largest absolute Gasteiger partial charge is 0.466 e. The summed E-state index contributed by atoms with van der Waals surface area (Å²) in [6.45, 7) is 9.57. The van der Waals surface area contributed by atoms with E-state index in [0.717, 1.165) is 43.8 Å². The van der Waals surface area contributed by atoms with E-state index in [1.165, 1.54) is 6.07 Å². The number of furan rings is 1. The smallest absolute Gasteiger partial charge is 0.257 e. The van der Waals surface area contributed by atoms with Crippen LogP contribution in [0.1, 0.15) is 55.0 Å². The molecule has 0 aliphatic carbocycles. The number of likely N-dealkylation sites (tertiary alicyclic amines) is 1. The summed E-state index contributed by atoms with van der Waals surface area (Å²) in [5.74, 6) is 1.27. The number of carbonyl (C=O) groups excluding carboxylic acids is 1. The van der Waals surface area contributed by atoms with Crippen molar-refractivity contribution in [3.63, 3.8) is 0 Å². The summed E-state index contributed by atoms with van der Waals surface area (Å²) < 4.78 is 19.4. The predicted molar refractivity (Wildman–Crippen MR) is 104 cm³/mol. The maximum atomic E-state index is 13.8. The van der Waals surface area contributed by atoms with Gasteiger partial charge in [-0.05, 0) is 71.2 Å². The highest BCUT2D eigenvalue weighted by Crippen LogP contribution is 2.47. The van der Waals surface area contributed by atoms with Gasteiger partial charge in [0.05, 0.1) is 11.1 Å². The fourth-order valence-electron chi connectivity index (χ4n) is 5.14. The van der Waals surface area contributed by atoms with Gasteiger partial charge in [-0.2, -0.15) is 0 Å². The first-order valence-electron chi connectivity index (χ1n) is 9.64. The van der Waals surface area contributed by atoms with Gasteiger partial charge in [0, 0.05) is 24.3 Å². The molecule has 4 nitrogen and oxygen atoms in total. The number of halogens is 1. The lowest BCUT2D eigenvalue weighted by molar-refractivity contribution is 0.0615. The van der Waals surface area contributed by atoms with Gasteiger partial charge in [-0.1, -0.05) is 6.07 Å². The second-order valence-corrected chi connectivity index (χ2v) is 8.67. The summed E-state index contributed by atoms with van der Waals surface area (Å²) in [5, 5.41) is 0. The van der Waals surface area contributed by atoms with Crippen molar-refractivity contribution in [2.45, 2.75) is 58.0 Å². The van der Waals surface area contributed by atoms with Crippen LogP contribution in [0.4, 0.5) is 10.1 Å². The molecule has 3 heterocycles. The Morgan fingerprint density at radius 3 is 2.67 bits per heavy atom. The maximum absolute atomic E-state index is 13.8. The number of nitrogens with zero attached hydrogens (tertiary/aromatic N) is 2. The van der Waals surface area contributed by atoms with Gasteiger partial charge in [-0.25, -0.2) is 4.39 Å². The minimum Gasteiger partial charge on any atom is -0.466 e. The van der Waals surface area contributed by atoms with E-state index in [2.05, 4.69) is 18.7 Å². The first kappa shape index (κ1) is 18.1. The Kier molecular flexibility index (Phi) is 4.09. The van der Waals surface area contributed by atoms with E-state index in [9.17, 15) is 9.18 Å². The summed E-state index contributed by atoms with van der Waals surface area (Å²) in [6.07, 6.45) is 2.84. The van der Waals surface area contributed by atoms with Crippen molar-refractivity contribution in [2.24, 2.45) is 0 Å². The molecule has 2 aromatic rings. The number of aryl methyl sites for hydroxylation is 2. The van der Waals surface area contributed by atoms with Crippen molar-refractivity contribution in [1.82, 2.24) is 4.90 Å². The van der Waals surface area contributed by atoms with E-state index in [-0.39, 0.29) is 22.8 Å². The third-order valence-corrected chi connectivity index (χ3v) is 6.18. The van der Waals surface area contributed by atoms with Gasteiger partial charge in [0.1, 0.15) is 17.3 Å². The van der Waals surface area contributed by atoms with Crippen molar-refractivity contribution in [1.29, 1.82) is 0 Å². The first-order chi connectivity index (χ1) is 12.7. The summed E-state index contributed by atoms with van der Waals surface area (Å²) in [4.78, 5) is 17.6. The molecule has 1 aromatic heterocycles. The Hall–Kier alpha value is -2.30. The number of hydrogen-bond donors (Lipinski definition) is 0. The molecule has 2 aliphatic rings. The molecular weight excluding hydrogens is 343 g/mol. The third-order valence-electron chi connectivity index (χ3n) is 6.18. The second kappa shape index (κ2) is 6.11. The zero-order valence-corrected chi connectivity index (χ0v) is 16.5. The topological polar surface area (TPSA) is 36.7 Å². The van der Waals surface area contributed by atoms with Gasteiger partial charge in [-0.15, -0.1) is 0 Å². The second-order valence-electron chi connectivity index (χ2n) is 8.67. The molecule has 1 amide bonds. The van der Waals surface area contributed by atoms with Crippen LogP contribution in [0.3, 0.4) is 0 Å². The van der Waals surface area contributed by atoms with Gasteiger partial charge in [-0.3, -0.25) is 4.79 Å². The molecule has 1 spiro atoms. The van der Waals surface area contributed by atoms with E-state index < -0.39 is 0 Å². The van der Waals surface area contributed by atoms with E-state index in [1.807, 2.05) is 30.9 Å². The minimum atomic E-state index is -0.229. The molecule has 1 aromatic carbocycles. The Bertz CT molecular complexity index is 888. The molecular formula is C22H27FN2O2. The molecule has 0 N–H and O–H groups in total. The molecule has 2 aliphatic heterocycles. The SMILES string of the molecule is Cc1cc(C(=O)N2CCCC23CN(c2cccc(F)c2)C(C)(C)C3)c(C)o1. The molecule has 1 atom stereocenters. The lowest BCUT2D eigenvalue weighted by Crippen LogP contribution is -2.49. The Morgan fingerprint density at radius 1 is 1.22 bits per heavy atom. The van der Waals surface area contributed by atoms with Crippen LogP contribution in [0.2, 0.25) is 0 Å². The fraction of sp³-hybridized carbons (Fsp3) is 0.500. The Balaban J connectivity index is 1.68. The fourth-order valence-corrected chi connectivity index (χ4v) is 5.14. The number of hydrogen-bond acceptors (Lipinski definition) is 3. The van der Waals surface area contributed by atoms with Crippen molar-refractivity contribution >= 4 is 11.6 Å². The normalized spacial score (nSPS) is 24.2. The highest BCUT2D eigenvalue weighted by atomic mass is 19.1. The van der Waals surface area contributed by atoms with Gasteiger partial charge in [0.25, 0.3) is 5.91 Å². The van der Waals surface area contributed by atoms with Crippen LogP contribution < -0.4 is 4.90 Å². The molecule has 1 unspecified atom stereocenters.